The first-order valence-electron chi connectivity index (χ1n) is 12.1. The van der Waals surface area contributed by atoms with Gasteiger partial charge in [-0.2, -0.15) is 0 Å². The minimum Gasteiger partial charge on any atom is -0.328 e. The number of nitrogens with one attached hydrogen (secondary N) is 6. The van der Waals surface area contributed by atoms with Crippen molar-refractivity contribution >= 4 is 34.8 Å². The lowest BCUT2D eigenvalue weighted by Gasteiger charge is -2.31. The molecule has 0 heterocycles. The van der Waals surface area contributed by atoms with E-state index in [9.17, 15) is 29.8 Å². The van der Waals surface area contributed by atoms with E-state index in [-0.39, 0.29) is 22.7 Å². The van der Waals surface area contributed by atoms with Crippen LogP contribution in [0.2, 0.25) is 0 Å². The maximum absolute atomic E-state index is 12.6. The Labute approximate surface area is 229 Å². The summed E-state index contributed by atoms with van der Waals surface area (Å²) in [6.07, 6.45) is 0. The van der Waals surface area contributed by atoms with Gasteiger partial charge in [0.2, 0.25) is 0 Å². The maximum atomic E-state index is 12.6. The lowest BCUT2D eigenvalue weighted by atomic mass is 9.87. The lowest BCUT2D eigenvalue weighted by molar-refractivity contribution is -0.384. The minimum atomic E-state index is -0.878. The predicted octanol–water partition coefficient (Wildman–Crippen LogP) is 4.63. The summed E-state index contributed by atoms with van der Waals surface area (Å²) in [6.45, 7) is 7.11. The molecule has 3 aromatic carbocycles. The summed E-state index contributed by atoms with van der Waals surface area (Å²) in [6, 6.07) is 17.8. The number of carbonyl (C=O) groups excluding carboxylic acids is 2. The molecular formula is C26H30N8O6. The van der Waals surface area contributed by atoms with Gasteiger partial charge in [0.15, 0.2) is 0 Å². The number of nitro benzene ring substituents is 2. The Morgan fingerprint density at radius 3 is 1.38 bits per heavy atom. The Bertz CT molecular complexity index is 1320. The van der Waals surface area contributed by atoms with Gasteiger partial charge in [0.25, 0.3) is 11.4 Å². The van der Waals surface area contributed by atoms with Gasteiger partial charge in [-0.05, 0) is 51.0 Å². The third-order valence-electron chi connectivity index (χ3n) is 5.98. The van der Waals surface area contributed by atoms with Crippen LogP contribution in [-0.2, 0) is 11.1 Å². The first kappa shape index (κ1) is 29.2. The van der Waals surface area contributed by atoms with Crippen LogP contribution in [0.15, 0.2) is 72.8 Å². The van der Waals surface area contributed by atoms with Gasteiger partial charge in [-0.25, -0.2) is 9.59 Å². The molecule has 6 N–H and O–H groups in total. The summed E-state index contributed by atoms with van der Waals surface area (Å²) in [5.74, 6) is 0. The molecule has 3 aromatic rings. The van der Waals surface area contributed by atoms with Crippen LogP contribution in [0.5, 0.6) is 0 Å². The number of amides is 4. The largest absolute Gasteiger partial charge is 0.334 e. The summed E-state index contributed by atoms with van der Waals surface area (Å²) in [4.78, 5) is 46.4. The summed E-state index contributed by atoms with van der Waals surface area (Å²) in [7, 11) is 0. The number of rotatable bonds is 10. The Morgan fingerprint density at radius 1 is 0.625 bits per heavy atom. The molecule has 0 aromatic heterocycles. The van der Waals surface area contributed by atoms with Gasteiger partial charge in [-0.15, -0.1) is 0 Å². The Kier molecular flexibility index (Phi) is 8.73. The SMILES string of the molecule is CC(C)(NC(=O)NNc1ccccc1[N+](=O)[O-])c1cccc(C(C)(C)NC(=O)NNc2ccccc2[N+](=O)[O-])c1. The van der Waals surface area contributed by atoms with Crippen LogP contribution in [0.25, 0.3) is 0 Å². The van der Waals surface area contributed by atoms with Gasteiger partial charge < -0.3 is 10.6 Å². The molecule has 0 bridgehead atoms. The zero-order chi connectivity index (χ0) is 29.5. The molecule has 4 amide bonds. The second-order valence-corrected chi connectivity index (χ2v) is 9.79. The zero-order valence-electron chi connectivity index (χ0n) is 22.3. The van der Waals surface area contributed by atoms with Crippen LogP contribution >= 0.6 is 0 Å². The van der Waals surface area contributed by atoms with Crippen LogP contribution in [-0.4, -0.2) is 21.9 Å². The molecule has 0 radical (unpaired) electrons. The fourth-order valence-electron chi connectivity index (χ4n) is 3.80. The molecule has 0 fully saturated rings. The second-order valence-electron chi connectivity index (χ2n) is 9.79. The molecule has 210 valence electrons. The molecule has 0 saturated heterocycles. The molecular weight excluding hydrogens is 520 g/mol. The van der Waals surface area contributed by atoms with Crippen LogP contribution in [0.3, 0.4) is 0 Å². The van der Waals surface area contributed by atoms with E-state index >= 15 is 0 Å². The van der Waals surface area contributed by atoms with Crippen molar-refractivity contribution in [1.82, 2.24) is 21.5 Å². The molecule has 14 nitrogen and oxygen atoms in total. The number of carbonyl (C=O) groups is 2. The minimum absolute atomic E-state index is 0.130. The van der Waals surface area contributed by atoms with Crippen LogP contribution in [0.1, 0.15) is 38.8 Å². The molecule has 3 rings (SSSR count). The fraction of sp³-hybridized carbons (Fsp3) is 0.231. The van der Waals surface area contributed by atoms with Crippen LogP contribution in [0, 0.1) is 20.2 Å². The van der Waals surface area contributed by atoms with E-state index in [1.54, 1.807) is 45.9 Å². The quantitative estimate of drug-likeness (QED) is 0.155. The van der Waals surface area contributed by atoms with Crippen molar-refractivity contribution in [1.29, 1.82) is 0 Å². The molecule has 0 atom stereocenters. The Hall–Kier alpha value is -5.40. The Morgan fingerprint density at radius 2 is 1.00 bits per heavy atom. The second kappa shape index (κ2) is 12.0. The van der Waals surface area contributed by atoms with E-state index in [2.05, 4.69) is 32.3 Å². The number of hydrogen-bond acceptors (Lipinski definition) is 8. The third-order valence-corrected chi connectivity index (χ3v) is 5.98. The van der Waals surface area contributed by atoms with Crippen molar-refractivity contribution in [3.63, 3.8) is 0 Å². The molecule has 14 heteroatoms. The van der Waals surface area contributed by atoms with Crippen molar-refractivity contribution in [3.8, 4) is 0 Å². The number of anilines is 2. The third kappa shape index (κ3) is 7.34. The standard InChI is InChI=1S/C26H30N8O6/c1-25(2,27-23(35)31-29-19-12-5-7-14-21(19)33(37)38)17-10-9-11-18(16-17)26(3,4)28-24(36)32-30-20-13-6-8-15-22(20)34(39)40/h5-16,29-30H,1-4H3,(H2,27,31,35)(H2,28,32,36). The highest BCUT2D eigenvalue weighted by molar-refractivity contribution is 5.78. The summed E-state index contributed by atoms with van der Waals surface area (Å²) in [5, 5.41) is 28.0. The number of hydrazine groups is 2. The Balaban J connectivity index is 1.64. The van der Waals surface area contributed by atoms with Gasteiger partial charge in [-0.3, -0.25) is 41.9 Å². The van der Waals surface area contributed by atoms with Crippen molar-refractivity contribution in [3.05, 3.63) is 104 Å². The van der Waals surface area contributed by atoms with Crippen LogP contribution < -0.4 is 32.3 Å². The average molecular weight is 551 g/mol. The first-order valence-corrected chi connectivity index (χ1v) is 12.1. The van der Waals surface area contributed by atoms with Crippen molar-refractivity contribution in [2.75, 3.05) is 10.9 Å². The summed E-state index contributed by atoms with van der Waals surface area (Å²) < 4.78 is 0. The topological polar surface area (TPSA) is 193 Å². The van der Waals surface area contributed by atoms with Crippen molar-refractivity contribution in [2.45, 2.75) is 38.8 Å². The fourth-order valence-corrected chi connectivity index (χ4v) is 3.80. The molecule has 0 aliphatic heterocycles. The van der Waals surface area contributed by atoms with E-state index in [4.69, 9.17) is 0 Å². The number of hydrogen-bond donors (Lipinski definition) is 6. The highest BCUT2D eigenvalue weighted by Crippen LogP contribution is 2.27. The molecule has 0 spiro atoms. The lowest BCUT2D eigenvalue weighted by Crippen LogP contribution is -2.49. The number of nitro groups is 2. The highest BCUT2D eigenvalue weighted by atomic mass is 16.6. The number of nitrogens with zero attached hydrogens (tertiary/aromatic N) is 2. The number of para-hydroxylation sites is 4. The zero-order valence-corrected chi connectivity index (χ0v) is 22.3. The van der Waals surface area contributed by atoms with Gasteiger partial charge in [0.1, 0.15) is 11.4 Å². The van der Waals surface area contributed by atoms with Gasteiger partial charge >= 0.3 is 12.1 Å². The van der Waals surface area contributed by atoms with Gasteiger partial charge in [0.05, 0.1) is 20.9 Å². The molecule has 0 aliphatic carbocycles. The molecule has 40 heavy (non-hydrogen) atoms. The number of benzene rings is 3. The van der Waals surface area contributed by atoms with Gasteiger partial charge in [-0.1, -0.05) is 48.5 Å². The van der Waals surface area contributed by atoms with Gasteiger partial charge in [0, 0.05) is 12.1 Å². The maximum Gasteiger partial charge on any atom is 0.334 e. The highest BCUT2D eigenvalue weighted by Gasteiger charge is 2.28. The van der Waals surface area contributed by atoms with Crippen molar-refractivity contribution in [2.24, 2.45) is 0 Å². The molecule has 0 aliphatic rings. The molecule has 0 saturated carbocycles. The van der Waals surface area contributed by atoms with E-state index in [1.807, 2.05) is 18.2 Å². The normalized spacial score (nSPS) is 11.1. The van der Waals surface area contributed by atoms with E-state index in [0.29, 0.717) is 0 Å². The first-order chi connectivity index (χ1) is 18.8. The number of urea groups is 2. The van der Waals surface area contributed by atoms with Crippen LogP contribution in [0.4, 0.5) is 32.3 Å². The van der Waals surface area contributed by atoms with E-state index in [1.165, 1.54) is 36.4 Å². The van der Waals surface area contributed by atoms with Crippen molar-refractivity contribution < 1.29 is 19.4 Å². The monoisotopic (exact) mass is 550 g/mol. The summed E-state index contributed by atoms with van der Waals surface area (Å²) >= 11 is 0. The molecule has 0 unspecified atom stereocenters. The van der Waals surface area contributed by atoms with E-state index < -0.39 is 33.0 Å². The average Bonchev–Trinajstić information content (AvgIpc) is 2.90. The smallest absolute Gasteiger partial charge is 0.328 e. The predicted molar refractivity (Wildman–Crippen MR) is 149 cm³/mol. The summed E-state index contributed by atoms with van der Waals surface area (Å²) in [5.41, 5.74) is 9.50. The van der Waals surface area contributed by atoms with E-state index in [0.717, 1.165) is 11.1 Å².